The van der Waals surface area contributed by atoms with E-state index in [9.17, 15) is 4.79 Å². The summed E-state index contributed by atoms with van der Waals surface area (Å²) in [5, 5.41) is 6.15. The van der Waals surface area contributed by atoms with E-state index in [0.717, 1.165) is 45.1 Å². The van der Waals surface area contributed by atoms with E-state index >= 15 is 0 Å². The second-order valence-corrected chi connectivity index (χ2v) is 7.22. The molecule has 1 amide bonds. The summed E-state index contributed by atoms with van der Waals surface area (Å²) in [6, 6.07) is 19.1. The number of nitrogens with zero attached hydrogens (tertiary/aromatic N) is 3. The average Bonchev–Trinajstić information content (AvgIpc) is 2.74. The van der Waals surface area contributed by atoms with Crippen molar-refractivity contribution in [2.75, 3.05) is 31.1 Å². The Hall–Kier alpha value is -2.92. The molecule has 1 aliphatic rings. The molecule has 5 nitrogen and oxygen atoms in total. The van der Waals surface area contributed by atoms with E-state index in [-0.39, 0.29) is 5.91 Å². The molecule has 4 rings (SSSR count). The van der Waals surface area contributed by atoms with Gasteiger partial charge in [-0.05, 0) is 22.4 Å². The van der Waals surface area contributed by atoms with Crippen LogP contribution in [0.4, 0.5) is 5.82 Å². The molecular formula is C23H26N4O. The summed E-state index contributed by atoms with van der Waals surface area (Å²) in [4.78, 5) is 20.4. The summed E-state index contributed by atoms with van der Waals surface area (Å²) >= 11 is 0. The van der Waals surface area contributed by atoms with Crippen molar-refractivity contribution in [3.8, 4) is 0 Å². The predicted molar refractivity (Wildman–Crippen MR) is 113 cm³/mol. The number of rotatable bonds is 5. The van der Waals surface area contributed by atoms with Crippen LogP contribution in [0.15, 0.2) is 60.8 Å². The van der Waals surface area contributed by atoms with Gasteiger partial charge in [-0.15, -0.1) is 0 Å². The molecule has 2 heterocycles. The standard InChI is InChI=1S/C23H26N4O/c1-18(28)26-12-14-27(15-13-26)23-21(9-5-11-25-23)17-24-16-20-8-4-7-19-6-2-3-10-22(19)20/h2-11,24H,12-17H2,1H3. The van der Waals surface area contributed by atoms with E-state index in [1.54, 1.807) is 6.92 Å². The first kappa shape index (κ1) is 18.4. The third-order valence-electron chi connectivity index (χ3n) is 5.40. The molecule has 1 N–H and O–H groups in total. The van der Waals surface area contributed by atoms with Crippen LogP contribution in [0.5, 0.6) is 0 Å². The van der Waals surface area contributed by atoms with Crippen LogP contribution in [-0.2, 0) is 17.9 Å². The number of aromatic nitrogens is 1. The summed E-state index contributed by atoms with van der Waals surface area (Å²) < 4.78 is 0. The Bertz CT molecular complexity index is 958. The first-order valence-corrected chi connectivity index (χ1v) is 9.84. The van der Waals surface area contributed by atoms with E-state index in [2.05, 4.69) is 63.7 Å². The Balaban J connectivity index is 1.42. The van der Waals surface area contributed by atoms with Crippen molar-refractivity contribution in [2.24, 2.45) is 0 Å². The van der Waals surface area contributed by atoms with Crippen LogP contribution < -0.4 is 10.2 Å². The highest BCUT2D eigenvalue weighted by atomic mass is 16.2. The Morgan fingerprint density at radius 1 is 0.929 bits per heavy atom. The smallest absolute Gasteiger partial charge is 0.219 e. The molecule has 0 atom stereocenters. The van der Waals surface area contributed by atoms with Gasteiger partial charge in [-0.3, -0.25) is 4.79 Å². The van der Waals surface area contributed by atoms with Gasteiger partial charge in [0.2, 0.25) is 5.91 Å². The third-order valence-corrected chi connectivity index (χ3v) is 5.40. The largest absolute Gasteiger partial charge is 0.353 e. The van der Waals surface area contributed by atoms with Crippen molar-refractivity contribution in [2.45, 2.75) is 20.0 Å². The highest BCUT2D eigenvalue weighted by Crippen LogP contribution is 2.21. The van der Waals surface area contributed by atoms with Crippen molar-refractivity contribution >= 4 is 22.5 Å². The molecule has 3 aromatic rings. The van der Waals surface area contributed by atoms with Crippen LogP contribution in [-0.4, -0.2) is 42.0 Å². The van der Waals surface area contributed by atoms with Gasteiger partial charge in [-0.2, -0.15) is 0 Å². The van der Waals surface area contributed by atoms with Gasteiger partial charge in [0.05, 0.1) is 0 Å². The highest BCUT2D eigenvalue weighted by molar-refractivity contribution is 5.85. The molecular weight excluding hydrogens is 348 g/mol. The zero-order valence-corrected chi connectivity index (χ0v) is 16.3. The zero-order valence-electron chi connectivity index (χ0n) is 16.3. The fourth-order valence-corrected chi connectivity index (χ4v) is 3.86. The fourth-order valence-electron chi connectivity index (χ4n) is 3.86. The molecule has 28 heavy (non-hydrogen) atoms. The molecule has 1 aromatic heterocycles. The number of pyridine rings is 1. The van der Waals surface area contributed by atoms with Gasteiger partial charge in [-0.1, -0.05) is 48.5 Å². The number of nitrogens with one attached hydrogen (secondary N) is 1. The molecule has 144 valence electrons. The average molecular weight is 374 g/mol. The molecule has 1 saturated heterocycles. The van der Waals surface area contributed by atoms with Gasteiger partial charge in [0.25, 0.3) is 0 Å². The molecule has 0 radical (unpaired) electrons. The molecule has 2 aromatic carbocycles. The van der Waals surface area contributed by atoms with Crippen molar-refractivity contribution in [1.82, 2.24) is 15.2 Å². The van der Waals surface area contributed by atoms with Gasteiger partial charge in [0.15, 0.2) is 0 Å². The zero-order chi connectivity index (χ0) is 19.3. The van der Waals surface area contributed by atoms with Crippen LogP contribution in [0, 0.1) is 0 Å². The van der Waals surface area contributed by atoms with Crippen molar-refractivity contribution in [1.29, 1.82) is 0 Å². The topological polar surface area (TPSA) is 48.5 Å². The summed E-state index contributed by atoms with van der Waals surface area (Å²) in [5.74, 6) is 1.17. The Morgan fingerprint density at radius 3 is 2.46 bits per heavy atom. The predicted octanol–water partition coefficient (Wildman–Crippen LogP) is 3.19. The first-order valence-electron chi connectivity index (χ1n) is 9.84. The number of anilines is 1. The molecule has 0 bridgehead atoms. The lowest BCUT2D eigenvalue weighted by Gasteiger charge is -2.35. The SMILES string of the molecule is CC(=O)N1CCN(c2ncccc2CNCc2cccc3ccccc23)CC1. The molecule has 0 unspecified atom stereocenters. The second kappa shape index (κ2) is 8.40. The van der Waals surface area contributed by atoms with Crippen LogP contribution in [0.1, 0.15) is 18.1 Å². The minimum absolute atomic E-state index is 0.151. The van der Waals surface area contributed by atoms with E-state index < -0.39 is 0 Å². The lowest BCUT2D eigenvalue weighted by atomic mass is 10.0. The first-order chi connectivity index (χ1) is 13.7. The number of fused-ring (bicyclic) bond motifs is 1. The van der Waals surface area contributed by atoms with Crippen LogP contribution in [0.3, 0.4) is 0 Å². The Labute approximate surface area is 166 Å². The lowest BCUT2D eigenvalue weighted by molar-refractivity contribution is -0.129. The summed E-state index contributed by atoms with van der Waals surface area (Å²) in [6.45, 7) is 6.38. The van der Waals surface area contributed by atoms with Gasteiger partial charge < -0.3 is 15.1 Å². The molecule has 0 spiro atoms. The highest BCUT2D eigenvalue weighted by Gasteiger charge is 2.21. The molecule has 5 heteroatoms. The van der Waals surface area contributed by atoms with Crippen molar-refractivity contribution in [3.63, 3.8) is 0 Å². The van der Waals surface area contributed by atoms with Crippen LogP contribution in [0.25, 0.3) is 10.8 Å². The summed E-state index contributed by atoms with van der Waals surface area (Å²) in [7, 11) is 0. The number of carbonyl (C=O) groups is 1. The quantitative estimate of drug-likeness (QED) is 0.745. The van der Waals surface area contributed by atoms with Crippen LogP contribution in [0.2, 0.25) is 0 Å². The maximum atomic E-state index is 11.6. The Kier molecular flexibility index (Phi) is 5.53. The second-order valence-electron chi connectivity index (χ2n) is 7.22. The van der Waals surface area contributed by atoms with E-state index in [1.165, 1.54) is 21.9 Å². The van der Waals surface area contributed by atoms with Crippen LogP contribution >= 0.6 is 0 Å². The number of hydrogen-bond acceptors (Lipinski definition) is 4. The van der Waals surface area contributed by atoms with E-state index in [0.29, 0.717) is 0 Å². The maximum Gasteiger partial charge on any atom is 0.219 e. The molecule has 1 fully saturated rings. The summed E-state index contributed by atoms with van der Waals surface area (Å²) in [6.07, 6.45) is 1.85. The fraction of sp³-hybridized carbons (Fsp3) is 0.304. The Morgan fingerprint density at radius 2 is 1.64 bits per heavy atom. The monoisotopic (exact) mass is 374 g/mol. The number of amides is 1. The van der Waals surface area contributed by atoms with Gasteiger partial charge in [0.1, 0.15) is 5.82 Å². The lowest BCUT2D eigenvalue weighted by Crippen LogP contribution is -2.48. The number of carbonyl (C=O) groups excluding carboxylic acids is 1. The molecule has 0 aliphatic carbocycles. The van der Waals surface area contributed by atoms with Gasteiger partial charge >= 0.3 is 0 Å². The van der Waals surface area contributed by atoms with Gasteiger partial charge in [0, 0.05) is 58.0 Å². The number of piperazine rings is 1. The van der Waals surface area contributed by atoms with Crippen molar-refractivity contribution < 1.29 is 4.79 Å². The van der Waals surface area contributed by atoms with Gasteiger partial charge in [-0.25, -0.2) is 4.98 Å². The normalized spacial score (nSPS) is 14.5. The summed E-state index contributed by atoms with van der Waals surface area (Å²) in [5.41, 5.74) is 2.50. The maximum absolute atomic E-state index is 11.6. The van der Waals surface area contributed by atoms with Crippen molar-refractivity contribution in [3.05, 3.63) is 71.9 Å². The minimum Gasteiger partial charge on any atom is -0.353 e. The minimum atomic E-state index is 0.151. The number of hydrogen-bond donors (Lipinski definition) is 1. The molecule has 1 aliphatic heterocycles. The molecule has 0 saturated carbocycles. The van der Waals surface area contributed by atoms with E-state index in [1.807, 2.05) is 17.2 Å². The number of benzene rings is 2. The third kappa shape index (κ3) is 3.99. The van der Waals surface area contributed by atoms with E-state index in [4.69, 9.17) is 0 Å².